The number of benzene rings is 1. The number of likely N-dealkylation sites (tertiary alicyclic amines) is 1. The van der Waals surface area contributed by atoms with Crippen LogP contribution in [0.4, 0.5) is 0 Å². The Morgan fingerprint density at radius 2 is 1.96 bits per heavy atom. The van der Waals surface area contributed by atoms with Gasteiger partial charge in [-0.2, -0.15) is 0 Å². The maximum absolute atomic E-state index is 11.0. The van der Waals surface area contributed by atoms with Crippen molar-refractivity contribution >= 4 is 5.97 Å². The van der Waals surface area contributed by atoms with E-state index in [4.69, 9.17) is 5.11 Å². The first-order valence-corrected chi connectivity index (χ1v) is 8.37. The minimum atomic E-state index is -0.916. The quantitative estimate of drug-likeness (QED) is 0.934. The molecule has 1 N–H and O–H groups in total. The highest BCUT2D eigenvalue weighted by Gasteiger charge is 2.27. The van der Waals surface area contributed by atoms with Crippen LogP contribution in [0.1, 0.15) is 48.1 Å². The van der Waals surface area contributed by atoms with Gasteiger partial charge in [-0.15, -0.1) is 0 Å². The predicted octanol–water partition coefficient (Wildman–Crippen LogP) is 3.35. The number of aromatic carboxylic acids is 1. The Labute approximate surface area is 142 Å². The molecule has 0 aliphatic carbocycles. The molecule has 126 valence electrons. The van der Waals surface area contributed by atoms with E-state index < -0.39 is 5.97 Å². The first-order valence-electron chi connectivity index (χ1n) is 8.37. The van der Waals surface area contributed by atoms with Gasteiger partial charge in [-0.3, -0.25) is 0 Å². The number of carboxylic acid groups (broad SMARTS) is 1. The van der Waals surface area contributed by atoms with Crippen molar-refractivity contribution in [1.29, 1.82) is 0 Å². The van der Waals surface area contributed by atoms with Crippen LogP contribution in [0.2, 0.25) is 0 Å². The molecule has 0 bridgehead atoms. The van der Waals surface area contributed by atoms with Crippen LogP contribution < -0.4 is 0 Å². The molecule has 1 fully saturated rings. The van der Waals surface area contributed by atoms with E-state index in [1.165, 1.54) is 0 Å². The summed E-state index contributed by atoms with van der Waals surface area (Å²) in [6.07, 6.45) is 1.12. The van der Waals surface area contributed by atoms with Crippen molar-refractivity contribution in [1.82, 2.24) is 14.9 Å². The fraction of sp³-hybridized carbons (Fsp3) is 0.421. The van der Waals surface area contributed by atoms with Gasteiger partial charge in [0.05, 0.1) is 11.3 Å². The number of nitrogens with zero attached hydrogens (tertiary/aromatic N) is 3. The van der Waals surface area contributed by atoms with Crippen molar-refractivity contribution in [3.63, 3.8) is 0 Å². The van der Waals surface area contributed by atoms with Crippen LogP contribution in [0, 0.1) is 6.92 Å². The summed E-state index contributed by atoms with van der Waals surface area (Å²) in [5, 5.41) is 9.02. The second kappa shape index (κ2) is 6.69. The normalized spacial score (nSPS) is 18.2. The second-order valence-electron chi connectivity index (χ2n) is 6.68. The lowest BCUT2D eigenvalue weighted by Gasteiger charge is -2.20. The van der Waals surface area contributed by atoms with Gasteiger partial charge in [-0.1, -0.05) is 12.1 Å². The van der Waals surface area contributed by atoms with Crippen molar-refractivity contribution in [2.45, 2.75) is 39.2 Å². The number of carboxylic acids is 1. The Morgan fingerprint density at radius 3 is 2.54 bits per heavy atom. The van der Waals surface area contributed by atoms with E-state index >= 15 is 0 Å². The Morgan fingerprint density at radius 1 is 1.25 bits per heavy atom. The molecule has 0 spiro atoms. The monoisotopic (exact) mass is 325 g/mol. The summed E-state index contributed by atoms with van der Waals surface area (Å²) in [5.74, 6) is 0.278. The van der Waals surface area contributed by atoms with Crippen molar-refractivity contribution in [2.75, 3.05) is 13.1 Å². The smallest absolute Gasteiger partial charge is 0.335 e. The van der Waals surface area contributed by atoms with Crippen LogP contribution >= 0.6 is 0 Å². The molecule has 1 aromatic heterocycles. The molecule has 1 aliphatic rings. The molecule has 1 saturated heterocycles. The van der Waals surface area contributed by atoms with E-state index in [1.54, 1.807) is 12.1 Å². The molecule has 2 aromatic rings. The van der Waals surface area contributed by atoms with Crippen LogP contribution in [0.3, 0.4) is 0 Å². The summed E-state index contributed by atoms with van der Waals surface area (Å²) in [6.45, 7) is 8.50. The molecule has 5 nitrogen and oxygen atoms in total. The molecule has 5 heteroatoms. The Bertz CT molecular complexity index is 741. The Balaban J connectivity index is 1.88. The maximum atomic E-state index is 11.0. The number of aryl methyl sites for hydroxylation is 1. The standard InChI is InChI=1S/C19H23N3O2/c1-12(2)22-9-8-16(11-22)18-10-17(20-13(3)21-18)14-4-6-15(7-5-14)19(23)24/h4-7,10,12,16H,8-9,11H2,1-3H3,(H,23,24)/t16-/m0/s1. The number of hydrogen-bond acceptors (Lipinski definition) is 4. The predicted molar refractivity (Wildman–Crippen MR) is 93.2 cm³/mol. The number of carbonyl (C=O) groups is 1. The minimum Gasteiger partial charge on any atom is -0.478 e. The summed E-state index contributed by atoms with van der Waals surface area (Å²) < 4.78 is 0. The second-order valence-corrected chi connectivity index (χ2v) is 6.68. The molecule has 1 aliphatic heterocycles. The summed E-state index contributed by atoms with van der Waals surface area (Å²) in [7, 11) is 0. The third kappa shape index (κ3) is 3.46. The molecule has 1 atom stereocenters. The molecule has 24 heavy (non-hydrogen) atoms. The van der Waals surface area contributed by atoms with E-state index in [-0.39, 0.29) is 5.56 Å². The van der Waals surface area contributed by atoms with Gasteiger partial charge in [0.15, 0.2) is 0 Å². The molecule has 0 amide bonds. The zero-order chi connectivity index (χ0) is 17.3. The van der Waals surface area contributed by atoms with Gasteiger partial charge in [0.2, 0.25) is 0 Å². The summed E-state index contributed by atoms with van der Waals surface area (Å²) >= 11 is 0. The van der Waals surface area contributed by atoms with Crippen molar-refractivity contribution in [3.8, 4) is 11.3 Å². The highest BCUT2D eigenvalue weighted by atomic mass is 16.4. The lowest BCUT2D eigenvalue weighted by molar-refractivity contribution is 0.0697. The largest absolute Gasteiger partial charge is 0.478 e. The summed E-state index contributed by atoms with van der Waals surface area (Å²) in [5.41, 5.74) is 3.15. The third-order valence-electron chi connectivity index (χ3n) is 4.65. The number of rotatable bonds is 4. The Kier molecular flexibility index (Phi) is 4.62. The molecular formula is C19H23N3O2. The van der Waals surface area contributed by atoms with Gasteiger partial charge in [0, 0.05) is 29.8 Å². The lowest BCUT2D eigenvalue weighted by atomic mass is 10.0. The topological polar surface area (TPSA) is 66.3 Å². The van der Waals surface area contributed by atoms with Gasteiger partial charge in [0.1, 0.15) is 5.82 Å². The summed E-state index contributed by atoms with van der Waals surface area (Å²) in [4.78, 5) is 22.6. The lowest BCUT2D eigenvalue weighted by Crippen LogP contribution is -2.28. The summed E-state index contributed by atoms with van der Waals surface area (Å²) in [6, 6.07) is 9.46. The number of aromatic nitrogens is 2. The molecule has 2 heterocycles. The maximum Gasteiger partial charge on any atom is 0.335 e. The minimum absolute atomic E-state index is 0.285. The molecule has 0 radical (unpaired) electrons. The van der Waals surface area contributed by atoms with E-state index in [9.17, 15) is 4.79 Å². The van der Waals surface area contributed by atoms with E-state index in [1.807, 2.05) is 19.1 Å². The van der Waals surface area contributed by atoms with E-state index in [0.717, 1.165) is 42.3 Å². The van der Waals surface area contributed by atoms with Crippen LogP contribution in [0.15, 0.2) is 30.3 Å². The molecule has 0 unspecified atom stereocenters. The zero-order valence-electron chi connectivity index (χ0n) is 14.4. The first kappa shape index (κ1) is 16.6. The van der Waals surface area contributed by atoms with Crippen LogP contribution in [0.5, 0.6) is 0 Å². The van der Waals surface area contributed by atoms with Crippen molar-refractivity contribution < 1.29 is 9.90 Å². The number of hydrogen-bond donors (Lipinski definition) is 1. The van der Waals surface area contributed by atoms with Gasteiger partial charge in [0.25, 0.3) is 0 Å². The average molecular weight is 325 g/mol. The van der Waals surface area contributed by atoms with Crippen molar-refractivity contribution in [2.24, 2.45) is 0 Å². The molecule has 3 rings (SSSR count). The van der Waals surface area contributed by atoms with Crippen LogP contribution in [-0.4, -0.2) is 45.1 Å². The fourth-order valence-electron chi connectivity index (χ4n) is 3.23. The van der Waals surface area contributed by atoms with Crippen LogP contribution in [0.25, 0.3) is 11.3 Å². The molecule has 0 saturated carbocycles. The highest BCUT2D eigenvalue weighted by molar-refractivity contribution is 5.88. The van der Waals surface area contributed by atoms with Gasteiger partial charge in [-0.25, -0.2) is 14.8 Å². The van der Waals surface area contributed by atoms with Gasteiger partial charge >= 0.3 is 5.97 Å². The highest BCUT2D eigenvalue weighted by Crippen LogP contribution is 2.29. The molecular weight excluding hydrogens is 302 g/mol. The fourth-order valence-corrected chi connectivity index (χ4v) is 3.23. The molecule has 1 aromatic carbocycles. The first-order chi connectivity index (χ1) is 11.4. The zero-order valence-corrected chi connectivity index (χ0v) is 14.4. The van der Waals surface area contributed by atoms with E-state index in [0.29, 0.717) is 12.0 Å². The van der Waals surface area contributed by atoms with Crippen LogP contribution in [-0.2, 0) is 0 Å². The SMILES string of the molecule is Cc1nc(-c2ccc(C(=O)O)cc2)cc([C@H]2CCN(C(C)C)C2)n1. The van der Waals surface area contributed by atoms with Gasteiger partial charge < -0.3 is 10.0 Å². The Hall–Kier alpha value is -2.27. The van der Waals surface area contributed by atoms with Gasteiger partial charge in [-0.05, 0) is 51.9 Å². The average Bonchev–Trinajstić information content (AvgIpc) is 3.05. The van der Waals surface area contributed by atoms with E-state index in [2.05, 4.69) is 34.8 Å². The van der Waals surface area contributed by atoms with Crippen molar-refractivity contribution in [3.05, 3.63) is 47.4 Å². The third-order valence-corrected chi connectivity index (χ3v) is 4.65.